The van der Waals surface area contributed by atoms with E-state index in [4.69, 9.17) is 9.47 Å². The number of aromatic nitrogens is 1. The number of rotatable bonds is 7. The molecule has 0 spiro atoms. The van der Waals surface area contributed by atoms with Gasteiger partial charge in [-0.15, -0.1) is 0 Å². The Labute approximate surface area is 179 Å². The molecule has 1 saturated heterocycles. The zero-order chi connectivity index (χ0) is 21.1. The lowest BCUT2D eigenvalue weighted by Gasteiger charge is -2.11. The first-order chi connectivity index (χ1) is 14.6. The van der Waals surface area contributed by atoms with Crippen LogP contribution < -0.4 is 9.47 Å². The Hall–Kier alpha value is -3.19. The summed E-state index contributed by atoms with van der Waals surface area (Å²) in [6.45, 7) is 3.27. The van der Waals surface area contributed by atoms with Crippen molar-refractivity contribution in [2.24, 2.45) is 0 Å². The van der Waals surface area contributed by atoms with Crippen LogP contribution in [0.15, 0.2) is 59.6 Å². The summed E-state index contributed by atoms with van der Waals surface area (Å²) in [5.41, 5.74) is 1.95. The van der Waals surface area contributed by atoms with Gasteiger partial charge in [-0.2, -0.15) is 0 Å². The van der Waals surface area contributed by atoms with Gasteiger partial charge in [-0.05, 0) is 43.0 Å². The summed E-state index contributed by atoms with van der Waals surface area (Å²) in [6, 6.07) is 15.5. The molecule has 1 fully saturated rings. The third-order valence-electron chi connectivity index (χ3n) is 4.95. The molecule has 2 aromatic carbocycles. The molecular weight excluding hydrogens is 400 g/mol. The Morgan fingerprint density at radius 1 is 1.03 bits per heavy atom. The SMILES string of the molecule is CCN1C(=O)SC(=Cc2cn(CCOc3ccccc3OC)c3ccccc23)C1=O. The van der Waals surface area contributed by atoms with Gasteiger partial charge in [0.1, 0.15) is 6.61 Å². The van der Waals surface area contributed by atoms with E-state index in [0.29, 0.717) is 36.1 Å². The molecule has 0 N–H and O–H groups in total. The summed E-state index contributed by atoms with van der Waals surface area (Å²) in [5.74, 6) is 1.16. The highest BCUT2D eigenvalue weighted by atomic mass is 32.2. The summed E-state index contributed by atoms with van der Waals surface area (Å²) in [5, 5.41) is 0.806. The van der Waals surface area contributed by atoms with Crippen LogP contribution in [0.2, 0.25) is 0 Å². The fraction of sp³-hybridized carbons (Fsp3) is 0.217. The molecule has 7 heteroatoms. The summed E-state index contributed by atoms with van der Waals surface area (Å²) < 4.78 is 13.3. The van der Waals surface area contributed by atoms with E-state index in [0.717, 1.165) is 28.2 Å². The first kappa shape index (κ1) is 20.1. The number of thioether (sulfide) groups is 1. The minimum Gasteiger partial charge on any atom is -0.493 e. The second-order valence-electron chi connectivity index (χ2n) is 6.72. The van der Waals surface area contributed by atoms with Crippen molar-refractivity contribution in [2.45, 2.75) is 13.5 Å². The third-order valence-corrected chi connectivity index (χ3v) is 5.86. The average Bonchev–Trinajstić information content (AvgIpc) is 3.25. The number of benzene rings is 2. The second-order valence-corrected chi connectivity index (χ2v) is 7.71. The highest BCUT2D eigenvalue weighted by Crippen LogP contribution is 2.34. The number of fused-ring (bicyclic) bond motifs is 1. The minimum absolute atomic E-state index is 0.220. The van der Waals surface area contributed by atoms with E-state index in [2.05, 4.69) is 4.57 Å². The lowest BCUT2D eigenvalue weighted by atomic mass is 10.1. The van der Waals surface area contributed by atoms with Gasteiger partial charge in [0.15, 0.2) is 11.5 Å². The molecule has 1 aromatic heterocycles. The molecule has 2 heterocycles. The van der Waals surface area contributed by atoms with Crippen molar-refractivity contribution in [2.75, 3.05) is 20.3 Å². The van der Waals surface area contributed by atoms with Gasteiger partial charge < -0.3 is 14.0 Å². The maximum Gasteiger partial charge on any atom is 0.293 e. The van der Waals surface area contributed by atoms with Gasteiger partial charge in [0.25, 0.3) is 11.1 Å². The summed E-state index contributed by atoms with van der Waals surface area (Å²) in [7, 11) is 1.62. The summed E-state index contributed by atoms with van der Waals surface area (Å²) >= 11 is 0.989. The highest BCUT2D eigenvalue weighted by Gasteiger charge is 2.33. The smallest absolute Gasteiger partial charge is 0.293 e. The number of hydrogen-bond acceptors (Lipinski definition) is 5. The first-order valence-electron chi connectivity index (χ1n) is 9.71. The number of carbonyl (C=O) groups is 2. The van der Waals surface area contributed by atoms with Crippen LogP contribution in [0.3, 0.4) is 0 Å². The Balaban J connectivity index is 1.58. The van der Waals surface area contributed by atoms with E-state index in [1.807, 2.05) is 54.7 Å². The largest absolute Gasteiger partial charge is 0.493 e. The molecule has 0 atom stereocenters. The molecule has 30 heavy (non-hydrogen) atoms. The van der Waals surface area contributed by atoms with Crippen molar-refractivity contribution in [3.05, 3.63) is 65.2 Å². The molecule has 6 nitrogen and oxygen atoms in total. The van der Waals surface area contributed by atoms with E-state index in [1.165, 1.54) is 4.90 Å². The van der Waals surface area contributed by atoms with Crippen LogP contribution in [-0.2, 0) is 11.3 Å². The number of hydrogen-bond donors (Lipinski definition) is 0. The molecule has 0 radical (unpaired) electrons. The van der Waals surface area contributed by atoms with E-state index in [-0.39, 0.29) is 11.1 Å². The lowest BCUT2D eigenvalue weighted by Crippen LogP contribution is -2.27. The molecule has 1 aliphatic rings. The summed E-state index contributed by atoms with van der Waals surface area (Å²) in [6.07, 6.45) is 3.80. The predicted octanol–water partition coefficient (Wildman–Crippen LogP) is 4.79. The van der Waals surface area contributed by atoms with E-state index in [1.54, 1.807) is 20.1 Å². The van der Waals surface area contributed by atoms with Crippen LogP contribution >= 0.6 is 11.8 Å². The quantitative estimate of drug-likeness (QED) is 0.513. The van der Waals surface area contributed by atoms with Gasteiger partial charge in [0, 0.05) is 29.2 Å². The first-order valence-corrected chi connectivity index (χ1v) is 10.5. The number of methoxy groups -OCH3 is 1. The Kier molecular flexibility index (Phi) is 5.81. The molecule has 4 rings (SSSR count). The van der Waals surface area contributed by atoms with Crippen LogP contribution in [0.4, 0.5) is 4.79 Å². The molecule has 0 aliphatic carbocycles. The number of nitrogens with zero attached hydrogens (tertiary/aromatic N) is 2. The van der Waals surface area contributed by atoms with Crippen LogP contribution in [0.5, 0.6) is 11.5 Å². The summed E-state index contributed by atoms with van der Waals surface area (Å²) in [4.78, 5) is 26.2. The Morgan fingerprint density at radius 3 is 2.50 bits per heavy atom. The van der Waals surface area contributed by atoms with Crippen molar-refractivity contribution in [1.82, 2.24) is 9.47 Å². The topological polar surface area (TPSA) is 60.8 Å². The van der Waals surface area contributed by atoms with E-state index < -0.39 is 0 Å². The molecule has 154 valence electrons. The number of likely N-dealkylation sites (N-methyl/N-ethyl adjacent to an activating group) is 1. The van der Waals surface area contributed by atoms with Gasteiger partial charge in [-0.1, -0.05) is 30.3 Å². The van der Waals surface area contributed by atoms with Gasteiger partial charge in [-0.25, -0.2) is 0 Å². The van der Waals surface area contributed by atoms with Gasteiger partial charge >= 0.3 is 0 Å². The lowest BCUT2D eigenvalue weighted by molar-refractivity contribution is -0.122. The van der Waals surface area contributed by atoms with Crippen molar-refractivity contribution >= 4 is 39.9 Å². The number of ether oxygens (including phenoxy) is 2. The molecule has 3 aromatic rings. The molecule has 0 bridgehead atoms. The third kappa shape index (κ3) is 3.80. The molecule has 0 unspecified atom stereocenters. The maximum absolute atomic E-state index is 12.5. The van der Waals surface area contributed by atoms with Crippen molar-refractivity contribution in [3.63, 3.8) is 0 Å². The normalized spacial score (nSPS) is 15.4. The zero-order valence-electron chi connectivity index (χ0n) is 16.8. The van der Waals surface area contributed by atoms with Crippen LogP contribution in [0.1, 0.15) is 12.5 Å². The maximum atomic E-state index is 12.5. The monoisotopic (exact) mass is 422 g/mol. The van der Waals surface area contributed by atoms with E-state index in [9.17, 15) is 9.59 Å². The highest BCUT2D eigenvalue weighted by molar-refractivity contribution is 8.18. The molecule has 0 saturated carbocycles. The zero-order valence-corrected chi connectivity index (χ0v) is 17.6. The van der Waals surface area contributed by atoms with Crippen LogP contribution in [-0.4, -0.2) is 40.9 Å². The van der Waals surface area contributed by atoms with E-state index >= 15 is 0 Å². The predicted molar refractivity (Wildman–Crippen MR) is 119 cm³/mol. The molecule has 1 aliphatic heterocycles. The number of amides is 2. The second kappa shape index (κ2) is 8.67. The minimum atomic E-state index is -0.233. The standard InChI is InChI=1S/C23H22N2O4S/c1-3-25-22(26)21(30-23(25)27)14-16-15-24(18-9-5-4-8-17(16)18)12-13-29-20-11-7-6-10-19(20)28-2/h4-11,14-15H,3,12-13H2,1-2H3. The van der Waals surface area contributed by atoms with Crippen LogP contribution in [0.25, 0.3) is 17.0 Å². The fourth-order valence-electron chi connectivity index (χ4n) is 3.48. The van der Waals surface area contributed by atoms with Gasteiger partial charge in [0.2, 0.25) is 0 Å². The molecule has 2 amide bonds. The average molecular weight is 423 g/mol. The Bertz CT molecular complexity index is 1140. The number of carbonyl (C=O) groups excluding carboxylic acids is 2. The fourth-order valence-corrected chi connectivity index (χ4v) is 4.37. The molecular formula is C23H22N2O4S. The van der Waals surface area contributed by atoms with Crippen molar-refractivity contribution < 1.29 is 19.1 Å². The number of imide groups is 1. The number of para-hydroxylation sites is 3. The van der Waals surface area contributed by atoms with Gasteiger partial charge in [-0.3, -0.25) is 14.5 Å². The van der Waals surface area contributed by atoms with Crippen molar-refractivity contribution in [1.29, 1.82) is 0 Å². The Morgan fingerprint density at radius 2 is 1.77 bits per heavy atom. The van der Waals surface area contributed by atoms with Gasteiger partial charge in [0.05, 0.1) is 18.6 Å². The van der Waals surface area contributed by atoms with Crippen LogP contribution in [0, 0.1) is 0 Å². The van der Waals surface area contributed by atoms with Crippen molar-refractivity contribution in [3.8, 4) is 11.5 Å².